The number of halogens is 1. The van der Waals surface area contributed by atoms with Crippen LogP contribution in [0.1, 0.15) is 11.3 Å². The molecule has 1 heterocycles. The summed E-state index contributed by atoms with van der Waals surface area (Å²) in [5.74, 6) is -0.254. The summed E-state index contributed by atoms with van der Waals surface area (Å²) in [7, 11) is -3.35. The minimum absolute atomic E-state index is 0.0282. The molecule has 3 rings (SSSR count). The van der Waals surface area contributed by atoms with Crippen molar-refractivity contribution in [3.8, 4) is 0 Å². The highest BCUT2D eigenvalue weighted by Gasteiger charge is 2.17. The number of hydrogen-bond donors (Lipinski definition) is 0. The second-order valence-corrected chi connectivity index (χ2v) is 8.71. The minimum Gasteiger partial charge on any atom is -0.298 e. The van der Waals surface area contributed by atoms with Gasteiger partial charge in [0.25, 0.3) is 0 Å². The molecule has 4 nitrogen and oxygen atoms in total. The Bertz CT molecular complexity index is 962. The molecule has 0 saturated heterocycles. The zero-order valence-corrected chi connectivity index (χ0v) is 16.4. The molecule has 0 amide bonds. The van der Waals surface area contributed by atoms with Crippen molar-refractivity contribution in [2.24, 2.45) is 0 Å². The van der Waals surface area contributed by atoms with Crippen molar-refractivity contribution in [3.63, 3.8) is 0 Å². The van der Waals surface area contributed by atoms with Crippen LogP contribution in [0.5, 0.6) is 0 Å². The summed E-state index contributed by atoms with van der Waals surface area (Å²) < 4.78 is 38.4. The van der Waals surface area contributed by atoms with Gasteiger partial charge >= 0.3 is 0 Å². The molecule has 0 bridgehead atoms. The number of aromatic nitrogens is 1. The van der Waals surface area contributed by atoms with Gasteiger partial charge in [-0.15, -0.1) is 0 Å². The molecule has 0 fully saturated rings. The van der Waals surface area contributed by atoms with Crippen LogP contribution < -0.4 is 0 Å². The van der Waals surface area contributed by atoms with Crippen LogP contribution in [0.2, 0.25) is 0 Å². The molecule has 2 aromatic carbocycles. The maximum Gasteiger partial charge on any atom is 0.179 e. The van der Waals surface area contributed by atoms with Gasteiger partial charge in [-0.2, -0.15) is 0 Å². The summed E-state index contributed by atoms with van der Waals surface area (Å²) >= 11 is 0. The van der Waals surface area contributed by atoms with Gasteiger partial charge in [-0.3, -0.25) is 9.88 Å². The molecule has 0 spiro atoms. The quantitative estimate of drug-likeness (QED) is 0.551. The molecule has 0 saturated carbocycles. The van der Waals surface area contributed by atoms with Crippen molar-refractivity contribution in [2.45, 2.75) is 17.9 Å². The average Bonchev–Trinajstić information content (AvgIpc) is 2.73. The Labute approximate surface area is 165 Å². The van der Waals surface area contributed by atoms with Gasteiger partial charge in [0.15, 0.2) is 9.84 Å². The molecule has 0 aliphatic heterocycles. The molecule has 0 radical (unpaired) electrons. The fourth-order valence-electron chi connectivity index (χ4n) is 2.93. The molecule has 0 N–H and O–H groups in total. The number of pyridine rings is 1. The number of sulfone groups is 1. The van der Waals surface area contributed by atoms with E-state index in [9.17, 15) is 12.8 Å². The largest absolute Gasteiger partial charge is 0.298 e. The number of nitrogens with zero attached hydrogens (tertiary/aromatic N) is 2. The maximum absolute atomic E-state index is 13.2. The third-order valence-electron chi connectivity index (χ3n) is 4.51. The lowest BCUT2D eigenvalue weighted by Gasteiger charge is -2.22. The lowest BCUT2D eigenvalue weighted by atomic mass is 10.2. The Morgan fingerprint density at radius 2 is 1.57 bits per heavy atom. The monoisotopic (exact) mass is 398 g/mol. The summed E-state index contributed by atoms with van der Waals surface area (Å²) in [5, 5.41) is 0. The van der Waals surface area contributed by atoms with Gasteiger partial charge in [-0.1, -0.05) is 36.4 Å². The molecule has 6 heteroatoms. The SMILES string of the molecule is O=S(=O)(CCN(CCc1ccccn1)Cc1ccc(F)cc1)c1ccccc1. The van der Waals surface area contributed by atoms with Gasteiger partial charge in [0, 0.05) is 37.9 Å². The van der Waals surface area contributed by atoms with E-state index in [1.54, 1.807) is 48.7 Å². The van der Waals surface area contributed by atoms with E-state index in [1.165, 1.54) is 12.1 Å². The van der Waals surface area contributed by atoms with E-state index in [2.05, 4.69) is 9.88 Å². The van der Waals surface area contributed by atoms with Crippen LogP contribution in [0, 0.1) is 5.82 Å². The highest BCUT2D eigenvalue weighted by Crippen LogP contribution is 2.13. The second kappa shape index (κ2) is 9.57. The first-order chi connectivity index (χ1) is 13.5. The van der Waals surface area contributed by atoms with Crippen molar-refractivity contribution in [1.82, 2.24) is 9.88 Å². The first-order valence-electron chi connectivity index (χ1n) is 9.17. The first kappa shape index (κ1) is 20.2. The van der Waals surface area contributed by atoms with E-state index < -0.39 is 9.84 Å². The van der Waals surface area contributed by atoms with Crippen molar-refractivity contribution in [2.75, 3.05) is 18.8 Å². The topological polar surface area (TPSA) is 50.3 Å². The molecule has 146 valence electrons. The van der Waals surface area contributed by atoms with E-state index >= 15 is 0 Å². The maximum atomic E-state index is 13.2. The predicted molar refractivity (Wildman–Crippen MR) is 108 cm³/mol. The van der Waals surface area contributed by atoms with Crippen LogP contribution in [0.4, 0.5) is 4.39 Å². The Kier molecular flexibility index (Phi) is 6.90. The molecule has 3 aromatic rings. The van der Waals surface area contributed by atoms with Gasteiger partial charge in [0.2, 0.25) is 0 Å². The highest BCUT2D eigenvalue weighted by atomic mass is 32.2. The normalized spacial score (nSPS) is 11.6. The molecule has 28 heavy (non-hydrogen) atoms. The average molecular weight is 399 g/mol. The van der Waals surface area contributed by atoms with Gasteiger partial charge in [-0.25, -0.2) is 12.8 Å². The fraction of sp³-hybridized carbons (Fsp3) is 0.227. The van der Waals surface area contributed by atoms with Crippen LogP contribution >= 0.6 is 0 Å². The van der Waals surface area contributed by atoms with Crippen molar-refractivity contribution in [1.29, 1.82) is 0 Å². The van der Waals surface area contributed by atoms with Gasteiger partial charge in [0.05, 0.1) is 10.6 Å². The van der Waals surface area contributed by atoms with E-state index in [0.717, 1.165) is 11.3 Å². The Hall–Kier alpha value is -2.57. The molecular weight excluding hydrogens is 375 g/mol. The fourth-order valence-corrected chi connectivity index (χ4v) is 4.24. The molecule has 1 aromatic heterocycles. The van der Waals surface area contributed by atoms with Crippen LogP contribution in [-0.2, 0) is 22.8 Å². The number of hydrogen-bond acceptors (Lipinski definition) is 4. The molecule has 0 unspecified atom stereocenters. The highest BCUT2D eigenvalue weighted by molar-refractivity contribution is 7.91. The Balaban J connectivity index is 1.68. The van der Waals surface area contributed by atoms with Crippen molar-refractivity contribution < 1.29 is 12.8 Å². The van der Waals surface area contributed by atoms with Gasteiger partial charge < -0.3 is 0 Å². The van der Waals surface area contributed by atoms with E-state index in [0.29, 0.717) is 31.0 Å². The van der Waals surface area contributed by atoms with E-state index in [1.807, 2.05) is 18.2 Å². The molecular formula is C22H23FN2O2S. The second-order valence-electron chi connectivity index (χ2n) is 6.61. The lowest BCUT2D eigenvalue weighted by Crippen LogP contribution is -2.31. The van der Waals surface area contributed by atoms with E-state index in [-0.39, 0.29) is 11.6 Å². The van der Waals surface area contributed by atoms with Crippen LogP contribution in [0.15, 0.2) is 83.9 Å². The smallest absolute Gasteiger partial charge is 0.179 e. The third kappa shape index (κ3) is 5.97. The summed E-state index contributed by atoms with van der Waals surface area (Å²) in [6.07, 6.45) is 2.47. The van der Waals surface area contributed by atoms with Crippen LogP contribution in [0.25, 0.3) is 0 Å². The number of rotatable bonds is 9. The standard InChI is InChI=1S/C22H23FN2O2S/c23-20-11-9-19(10-12-20)18-25(15-13-21-6-4-5-14-24-21)16-17-28(26,27)22-7-2-1-3-8-22/h1-12,14H,13,15-18H2. The lowest BCUT2D eigenvalue weighted by molar-refractivity contribution is 0.283. The molecule has 0 atom stereocenters. The summed E-state index contributed by atoms with van der Waals surface area (Å²) in [5.41, 5.74) is 1.90. The Morgan fingerprint density at radius 3 is 2.25 bits per heavy atom. The summed E-state index contributed by atoms with van der Waals surface area (Å²) in [4.78, 5) is 6.74. The Morgan fingerprint density at radius 1 is 0.857 bits per heavy atom. The summed E-state index contributed by atoms with van der Waals surface area (Å²) in [6.45, 7) is 1.61. The molecule has 0 aliphatic carbocycles. The van der Waals surface area contributed by atoms with Crippen LogP contribution in [-0.4, -0.2) is 37.1 Å². The summed E-state index contributed by atoms with van der Waals surface area (Å²) in [6, 6.07) is 20.6. The van der Waals surface area contributed by atoms with Crippen molar-refractivity contribution in [3.05, 3.63) is 96.1 Å². The van der Waals surface area contributed by atoms with Crippen molar-refractivity contribution >= 4 is 9.84 Å². The zero-order chi connectivity index (χ0) is 19.8. The molecule has 0 aliphatic rings. The predicted octanol–water partition coefficient (Wildman–Crippen LogP) is 3.74. The third-order valence-corrected chi connectivity index (χ3v) is 6.22. The van der Waals surface area contributed by atoms with Gasteiger partial charge in [-0.05, 0) is 42.0 Å². The zero-order valence-electron chi connectivity index (χ0n) is 15.5. The first-order valence-corrected chi connectivity index (χ1v) is 10.8. The van der Waals surface area contributed by atoms with Gasteiger partial charge in [0.1, 0.15) is 5.82 Å². The van der Waals surface area contributed by atoms with E-state index in [4.69, 9.17) is 0 Å². The van der Waals surface area contributed by atoms with Crippen LogP contribution in [0.3, 0.4) is 0 Å². The minimum atomic E-state index is -3.35. The number of benzene rings is 2.